The van der Waals surface area contributed by atoms with Gasteiger partial charge in [0.25, 0.3) is 0 Å². The van der Waals surface area contributed by atoms with Crippen molar-refractivity contribution in [2.24, 2.45) is 10.6 Å². The zero-order valence-corrected chi connectivity index (χ0v) is 14.6. The molecule has 3 aliphatic rings. The van der Waals surface area contributed by atoms with E-state index >= 15 is 0 Å². The fourth-order valence-electron chi connectivity index (χ4n) is 4.00. The van der Waals surface area contributed by atoms with Gasteiger partial charge in [0, 0.05) is 26.8 Å². The Balaban J connectivity index is 1.62. The molecule has 0 N–H and O–H groups in total. The second-order valence-electron chi connectivity index (χ2n) is 7.30. The number of oxime groups is 1. The minimum absolute atomic E-state index is 0.0503. The van der Waals surface area contributed by atoms with Crippen molar-refractivity contribution < 1.29 is 14.3 Å². The van der Waals surface area contributed by atoms with E-state index in [4.69, 9.17) is 14.3 Å². The van der Waals surface area contributed by atoms with E-state index in [1.807, 2.05) is 0 Å². The molecule has 3 rings (SSSR count). The van der Waals surface area contributed by atoms with Crippen molar-refractivity contribution in [3.05, 3.63) is 0 Å². The van der Waals surface area contributed by atoms with Gasteiger partial charge in [0.2, 0.25) is 5.90 Å². The third kappa shape index (κ3) is 4.17. The molecule has 132 valence electrons. The summed E-state index contributed by atoms with van der Waals surface area (Å²) in [5, 5.41) is 4.31. The quantitative estimate of drug-likeness (QED) is 0.742. The molecule has 0 aromatic carbocycles. The molecular formula is C17H31N3O3. The number of piperidine rings is 1. The SMILES string of the molecule is COCCC1(C2=NOCC(CN3CCCCC3)O2)CCN(C)C1. The highest BCUT2D eigenvalue weighted by Crippen LogP contribution is 2.37. The van der Waals surface area contributed by atoms with Crippen LogP contribution in [0.2, 0.25) is 0 Å². The van der Waals surface area contributed by atoms with Crippen molar-refractivity contribution in [3.63, 3.8) is 0 Å². The molecule has 2 fully saturated rings. The van der Waals surface area contributed by atoms with Crippen molar-refractivity contribution in [3.8, 4) is 0 Å². The molecule has 0 spiro atoms. The van der Waals surface area contributed by atoms with Crippen molar-refractivity contribution in [2.45, 2.75) is 38.2 Å². The van der Waals surface area contributed by atoms with Gasteiger partial charge in [-0.25, -0.2) is 0 Å². The molecule has 0 aromatic heterocycles. The summed E-state index contributed by atoms with van der Waals surface area (Å²) >= 11 is 0. The maximum atomic E-state index is 6.32. The van der Waals surface area contributed by atoms with Gasteiger partial charge in [-0.05, 0) is 52.4 Å². The first-order chi connectivity index (χ1) is 11.2. The van der Waals surface area contributed by atoms with E-state index < -0.39 is 0 Å². The molecule has 0 aliphatic carbocycles. The van der Waals surface area contributed by atoms with Gasteiger partial charge in [0.15, 0.2) is 6.61 Å². The molecule has 0 bridgehead atoms. The van der Waals surface area contributed by atoms with Crippen LogP contribution in [0.5, 0.6) is 0 Å². The van der Waals surface area contributed by atoms with Gasteiger partial charge in [-0.2, -0.15) is 0 Å². The largest absolute Gasteiger partial charge is 0.470 e. The average molecular weight is 325 g/mol. The van der Waals surface area contributed by atoms with E-state index in [1.165, 1.54) is 32.4 Å². The van der Waals surface area contributed by atoms with Crippen LogP contribution in [-0.2, 0) is 14.3 Å². The normalized spacial score (nSPS) is 33.1. The molecular weight excluding hydrogens is 294 g/mol. The first-order valence-electron chi connectivity index (χ1n) is 8.99. The van der Waals surface area contributed by atoms with Crippen LogP contribution in [0.1, 0.15) is 32.1 Å². The lowest BCUT2D eigenvalue weighted by Gasteiger charge is -2.36. The topological polar surface area (TPSA) is 46.5 Å². The predicted octanol–water partition coefficient (Wildman–Crippen LogP) is 1.56. The van der Waals surface area contributed by atoms with Gasteiger partial charge >= 0.3 is 0 Å². The van der Waals surface area contributed by atoms with Crippen molar-refractivity contribution in [1.29, 1.82) is 0 Å². The molecule has 2 saturated heterocycles. The monoisotopic (exact) mass is 325 g/mol. The molecule has 2 unspecified atom stereocenters. The van der Waals surface area contributed by atoms with E-state index in [2.05, 4.69) is 22.0 Å². The highest BCUT2D eigenvalue weighted by molar-refractivity contribution is 5.83. The number of hydrogen-bond acceptors (Lipinski definition) is 6. The zero-order chi connectivity index (χ0) is 16.1. The standard InChI is InChI=1S/C17H31N3O3/c1-19-10-6-17(14-19,7-11-21-2)16-18-22-13-15(23-16)12-20-8-4-3-5-9-20/h15H,3-14H2,1-2H3. The minimum atomic E-state index is -0.0503. The molecule has 3 heterocycles. The van der Waals surface area contributed by atoms with Crippen LogP contribution in [0.4, 0.5) is 0 Å². The molecule has 0 saturated carbocycles. The summed E-state index contributed by atoms with van der Waals surface area (Å²) in [6.07, 6.45) is 6.06. The predicted molar refractivity (Wildman–Crippen MR) is 89.6 cm³/mol. The molecule has 6 heteroatoms. The second kappa shape index (κ2) is 7.81. The van der Waals surface area contributed by atoms with E-state index in [0.717, 1.165) is 45.0 Å². The van der Waals surface area contributed by atoms with Crippen molar-refractivity contribution in [1.82, 2.24) is 9.80 Å². The maximum absolute atomic E-state index is 6.32. The highest BCUT2D eigenvalue weighted by Gasteiger charge is 2.45. The fraction of sp³-hybridized carbons (Fsp3) is 0.941. The van der Waals surface area contributed by atoms with E-state index in [0.29, 0.717) is 6.61 Å². The number of methoxy groups -OCH3 is 1. The average Bonchev–Trinajstić information content (AvgIpc) is 2.97. The number of nitrogens with zero attached hydrogens (tertiary/aromatic N) is 3. The maximum Gasteiger partial charge on any atom is 0.233 e. The Labute approximate surface area is 139 Å². The Bertz CT molecular complexity index is 412. The smallest absolute Gasteiger partial charge is 0.233 e. The summed E-state index contributed by atoms with van der Waals surface area (Å²) in [5.41, 5.74) is -0.0503. The lowest BCUT2D eigenvalue weighted by atomic mass is 9.83. The summed E-state index contributed by atoms with van der Waals surface area (Å²) in [4.78, 5) is 10.4. The fourth-order valence-corrected chi connectivity index (χ4v) is 4.00. The Morgan fingerprint density at radius 3 is 2.78 bits per heavy atom. The summed E-state index contributed by atoms with van der Waals surface area (Å²) in [6.45, 7) is 6.66. The van der Waals surface area contributed by atoms with Crippen molar-refractivity contribution in [2.75, 3.05) is 60.1 Å². The van der Waals surface area contributed by atoms with Crippen LogP contribution in [-0.4, -0.2) is 81.9 Å². The van der Waals surface area contributed by atoms with Gasteiger partial charge < -0.3 is 19.2 Å². The summed E-state index contributed by atoms with van der Waals surface area (Å²) < 4.78 is 11.6. The van der Waals surface area contributed by atoms with Crippen LogP contribution < -0.4 is 0 Å². The van der Waals surface area contributed by atoms with Gasteiger partial charge in [-0.15, -0.1) is 0 Å². The molecule has 0 amide bonds. The lowest BCUT2D eigenvalue weighted by Crippen LogP contribution is -2.46. The summed E-state index contributed by atoms with van der Waals surface area (Å²) in [6, 6.07) is 0. The second-order valence-corrected chi connectivity index (χ2v) is 7.30. The number of hydrogen-bond donors (Lipinski definition) is 0. The molecule has 3 aliphatic heterocycles. The van der Waals surface area contributed by atoms with Crippen LogP contribution >= 0.6 is 0 Å². The van der Waals surface area contributed by atoms with Crippen LogP contribution in [0.25, 0.3) is 0 Å². The van der Waals surface area contributed by atoms with Crippen LogP contribution in [0, 0.1) is 5.41 Å². The van der Waals surface area contributed by atoms with Crippen LogP contribution in [0.3, 0.4) is 0 Å². The number of ether oxygens (including phenoxy) is 2. The van der Waals surface area contributed by atoms with Crippen molar-refractivity contribution >= 4 is 5.90 Å². The van der Waals surface area contributed by atoms with E-state index in [-0.39, 0.29) is 11.5 Å². The number of rotatable bonds is 6. The third-order valence-corrected chi connectivity index (χ3v) is 5.38. The van der Waals surface area contributed by atoms with Gasteiger partial charge in [0.1, 0.15) is 6.10 Å². The zero-order valence-electron chi connectivity index (χ0n) is 14.6. The molecule has 0 aromatic rings. The Morgan fingerprint density at radius 1 is 1.26 bits per heavy atom. The molecule has 2 atom stereocenters. The van der Waals surface area contributed by atoms with Gasteiger partial charge in [0.05, 0.1) is 5.41 Å². The van der Waals surface area contributed by atoms with E-state index in [1.54, 1.807) is 7.11 Å². The Kier molecular flexibility index (Phi) is 5.77. The van der Waals surface area contributed by atoms with Gasteiger partial charge in [-0.1, -0.05) is 11.6 Å². The Morgan fingerprint density at radius 2 is 2.09 bits per heavy atom. The van der Waals surface area contributed by atoms with E-state index in [9.17, 15) is 0 Å². The third-order valence-electron chi connectivity index (χ3n) is 5.38. The highest BCUT2D eigenvalue weighted by atomic mass is 16.7. The molecule has 0 radical (unpaired) electrons. The first-order valence-corrected chi connectivity index (χ1v) is 8.99. The number of likely N-dealkylation sites (tertiary alicyclic amines) is 2. The Hall–Kier alpha value is -0.850. The minimum Gasteiger partial charge on any atom is -0.470 e. The first kappa shape index (κ1) is 17.0. The molecule has 23 heavy (non-hydrogen) atoms. The van der Waals surface area contributed by atoms with Gasteiger partial charge in [-0.3, -0.25) is 4.90 Å². The summed E-state index contributed by atoms with van der Waals surface area (Å²) in [7, 11) is 3.91. The van der Waals surface area contributed by atoms with Crippen LogP contribution in [0.15, 0.2) is 5.16 Å². The summed E-state index contributed by atoms with van der Waals surface area (Å²) in [5.74, 6) is 0.798. The lowest BCUT2D eigenvalue weighted by molar-refractivity contribution is -0.0231. The molecule has 6 nitrogen and oxygen atoms in total.